The van der Waals surface area contributed by atoms with Crippen LogP contribution in [0.3, 0.4) is 0 Å². The Balaban J connectivity index is 1.95. The van der Waals surface area contributed by atoms with E-state index in [9.17, 15) is 8.42 Å². The number of rotatable bonds is 5. The molecule has 0 amide bonds. The minimum absolute atomic E-state index is 0.137. The number of benzene rings is 1. The van der Waals surface area contributed by atoms with E-state index in [4.69, 9.17) is 5.14 Å². The average molecular weight is 283 g/mol. The molecule has 0 radical (unpaired) electrons. The number of anilines is 1. The van der Waals surface area contributed by atoms with Gasteiger partial charge < -0.3 is 5.32 Å². The lowest BCUT2D eigenvalue weighted by atomic mass is 10.2. The van der Waals surface area contributed by atoms with Crippen molar-refractivity contribution in [2.24, 2.45) is 5.14 Å². The van der Waals surface area contributed by atoms with Gasteiger partial charge in [-0.05, 0) is 17.7 Å². The van der Waals surface area contributed by atoms with E-state index in [1.54, 1.807) is 29.0 Å². The lowest BCUT2D eigenvalue weighted by Gasteiger charge is -2.05. The zero-order chi connectivity index (χ0) is 13.0. The summed E-state index contributed by atoms with van der Waals surface area (Å²) in [6, 6.07) is 7.17. The molecule has 3 N–H and O–H groups in total. The highest BCUT2D eigenvalue weighted by atomic mass is 32.2. The number of hydrogen-bond donors (Lipinski definition) is 2. The van der Waals surface area contributed by atoms with E-state index in [-0.39, 0.29) is 5.75 Å². The Hall–Kier alpha value is -1.44. The van der Waals surface area contributed by atoms with Crippen LogP contribution in [0, 0.1) is 0 Å². The predicted molar refractivity (Wildman–Crippen MR) is 72.7 cm³/mol. The monoisotopic (exact) mass is 283 g/mol. The first kappa shape index (κ1) is 13.0. The summed E-state index contributed by atoms with van der Waals surface area (Å²) in [6.07, 6.45) is 1.81. The van der Waals surface area contributed by atoms with Crippen molar-refractivity contribution in [1.29, 1.82) is 0 Å². The average Bonchev–Trinajstić information content (AvgIpc) is 2.79. The molecule has 1 aromatic heterocycles. The number of primary sulfonamides is 1. The van der Waals surface area contributed by atoms with Crippen LogP contribution in [-0.4, -0.2) is 13.4 Å². The van der Waals surface area contributed by atoms with Crippen molar-refractivity contribution >= 4 is 27.0 Å². The van der Waals surface area contributed by atoms with Gasteiger partial charge in [-0.15, -0.1) is 11.3 Å². The standard InChI is InChI=1S/C11H13N3O2S2/c12-18(15,16)7-9-1-3-10(4-2-9)14-6-11-5-13-8-17-11/h1-5,8,14H,6-7H2,(H2,12,15,16). The number of thiazole rings is 1. The fraction of sp³-hybridized carbons (Fsp3) is 0.182. The molecular formula is C11H13N3O2S2. The lowest BCUT2D eigenvalue weighted by Crippen LogP contribution is -2.14. The summed E-state index contributed by atoms with van der Waals surface area (Å²) in [4.78, 5) is 5.13. The van der Waals surface area contributed by atoms with Gasteiger partial charge in [-0.3, -0.25) is 4.98 Å². The Morgan fingerprint density at radius 1 is 1.28 bits per heavy atom. The van der Waals surface area contributed by atoms with Crippen LogP contribution in [0.25, 0.3) is 0 Å². The van der Waals surface area contributed by atoms with Crippen LogP contribution in [0.1, 0.15) is 10.4 Å². The van der Waals surface area contributed by atoms with Gasteiger partial charge in [-0.2, -0.15) is 0 Å². The molecule has 2 aromatic rings. The first-order valence-electron chi connectivity index (χ1n) is 5.23. The van der Waals surface area contributed by atoms with Crippen LogP contribution in [0.5, 0.6) is 0 Å². The maximum Gasteiger partial charge on any atom is 0.213 e. The summed E-state index contributed by atoms with van der Waals surface area (Å²) in [5, 5.41) is 8.21. The third-order valence-electron chi connectivity index (χ3n) is 2.27. The molecule has 0 aliphatic carbocycles. The van der Waals surface area contributed by atoms with Gasteiger partial charge in [0.05, 0.1) is 17.8 Å². The Morgan fingerprint density at radius 2 is 2.00 bits per heavy atom. The molecular weight excluding hydrogens is 270 g/mol. The highest BCUT2D eigenvalue weighted by Crippen LogP contribution is 2.13. The summed E-state index contributed by atoms with van der Waals surface area (Å²) in [7, 11) is -3.46. The van der Waals surface area contributed by atoms with Gasteiger partial charge in [0.2, 0.25) is 10.0 Å². The number of aromatic nitrogens is 1. The summed E-state index contributed by atoms with van der Waals surface area (Å²) in [5.74, 6) is -0.137. The Kier molecular flexibility index (Phi) is 3.95. The molecule has 0 unspecified atom stereocenters. The van der Waals surface area contributed by atoms with Gasteiger partial charge in [0.1, 0.15) is 0 Å². The molecule has 0 saturated carbocycles. The molecule has 0 fully saturated rings. The number of hydrogen-bond acceptors (Lipinski definition) is 5. The first-order chi connectivity index (χ1) is 8.53. The minimum Gasteiger partial charge on any atom is -0.380 e. The molecule has 96 valence electrons. The topological polar surface area (TPSA) is 85.1 Å². The molecule has 0 aliphatic heterocycles. The molecule has 5 nitrogen and oxygen atoms in total. The fourth-order valence-electron chi connectivity index (χ4n) is 1.47. The summed E-state index contributed by atoms with van der Waals surface area (Å²) < 4.78 is 21.8. The van der Waals surface area contributed by atoms with Gasteiger partial charge >= 0.3 is 0 Å². The largest absolute Gasteiger partial charge is 0.380 e. The van der Waals surface area contributed by atoms with E-state index < -0.39 is 10.0 Å². The van der Waals surface area contributed by atoms with Crippen molar-refractivity contribution in [3.63, 3.8) is 0 Å². The van der Waals surface area contributed by atoms with Crippen LogP contribution in [-0.2, 0) is 22.3 Å². The Morgan fingerprint density at radius 3 is 2.56 bits per heavy atom. The van der Waals surface area contributed by atoms with Crippen LogP contribution >= 0.6 is 11.3 Å². The van der Waals surface area contributed by atoms with Crippen LogP contribution < -0.4 is 10.5 Å². The van der Waals surface area contributed by atoms with Crippen molar-refractivity contribution in [3.05, 3.63) is 46.4 Å². The van der Waals surface area contributed by atoms with Crippen molar-refractivity contribution in [3.8, 4) is 0 Å². The molecule has 2 rings (SSSR count). The SMILES string of the molecule is NS(=O)(=O)Cc1ccc(NCc2cncs2)cc1. The lowest BCUT2D eigenvalue weighted by molar-refractivity contribution is 0.597. The van der Waals surface area contributed by atoms with E-state index in [2.05, 4.69) is 10.3 Å². The first-order valence-corrected chi connectivity index (χ1v) is 7.83. The van der Waals surface area contributed by atoms with Gasteiger partial charge in [-0.1, -0.05) is 12.1 Å². The Bertz CT molecular complexity index is 592. The van der Waals surface area contributed by atoms with E-state index in [1.165, 1.54) is 0 Å². The minimum atomic E-state index is -3.46. The van der Waals surface area contributed by atoms with Crippen molar-refractivity contribution in [2.75, 3.05) is 5.32 Å². The van der Waals surface area contributed by atoms with E-state index in [0.29, 0.717) is 12.1 Å². The van der Waals surface area contributed by atoms with Crippen molar-refractivity contribution < 1.29 is 8.42 Å². The van der Waals surface area contributed by atoms with Gasteiger partial charge in [0, 0.05) is 16.8 Å². The van der Waals surface area contributed by atoms with Crippen molar-refractivity contribution in [2.45, 2.75) is 12.3 Å². The summed E-state index contributed by atoms with van der Waals surface area (Å²) >= 11 is 1.58. The van der Waals surface area contributed by atoms with E-state index in [1.807, 2.05) is 18.3 Å². The summed E-state index contributed by atoms with van der Waals surface area (Å²) in [6.45, 7) is 0.708. The second kappa shape index (κ2) is 5.47. The van der Waals surface area contributed by atoms with Crippen LogP contribution in [0.15, 0.2) is 36.0 Å². The third kappa shape index (κ3) is 4.10. The predicted octanol–water partition coefficient (Wildman–Crippen LogP) is 1.54. The number of nitrogens with two attached hydrogens (primary N) is 1. The highest BCUT2D eigenvalue weighted by molar-refractivity contribution is 7.88. The normalized spacial score (nSPS) is 11.4. The van der Waals surface area contributed by atoms with E-state index in [0.717, 1.165) is 10.6 Å². The van der Waals surface area contributed by atoms with Gasteiger partial charge in [-0.25, -0.2) is 13.6 Å². The highest BCUT2D eigenvalue weighted by Gasteiger charge is 2.04. The smallest absolute Gasteiger partial charge is 0.213 e. The summed E-state index contributed by atoms with van der Waals surface area (Å²) in [5.41, 5.74) is 3.40. The zero-order valence-corrected chi connectivity index (χ0v) is 11.2. The molecule has 18 heavy (non-hydrogen) atoms. The Labute approximate surface area is 110 Å². The van der Waals surface area contributed by atoms with E-state index >= 15 is 0 Å². The molecule has 0 spiro atoms. The number of sulfonamides is 1. The van der Waals surface area contributed by atoms with Gasteiger partial charge in [0.15, 0.2) is 0 Å². The molecule has 1 heterocycles. The van der Waals surface area contributed by atoms with Crippen LogP contribution in [0.2, 0.25) is 0 Å². The molecule has 0 atom stereocenters. The molecule has 0 bridgehead atoms. The third-order valence-corrected chi connectivity index (χ3v) is 3.79. The maximum absolute atomic E-state index is 10.9. The maximum atomic E-state index is 10.9. The van der Waals surface area contributed by atoms with Gasteiger partial charge in [0.25, 0.3) is 0 Å². The zero-order valence-electron chi connectivity index (χ0n) is 9.54. The van der Waals surface area contributed by atoms with Crippen molar-refractivity contribution in [1.82, 2.24) is 4.98 Å². The second-order valence-corrected chi connectivity index (χ2v) is 6.41. The quantitative estimate of drug-likeness (QED) is 0.871. The molecule has 0 aliphatic rings. The molecule has 7 heteroatoms. The fourth-order valence-corrected chi connectivity index (χ4v) is 2.66. The molecule has 1 aromatic carbocycles. The van der Waals surface area contributed by atoms with Crippen LogP contribution in [0.4, 0.5) is 5.69 Å². The number of nitrogens with one attached hydrogen (secondary N) is 1. The second-order valence-electron chi connectivity index (χ2n) is 3.83. The number of nitrogens with zero attached hydrogens (tertiary/aromatic N) is 1. The molecule has 0 saturated heterocycles.